The minimum absolute atomic E-state index is 0.0654. The molecule has 2 rings (SSSR count). The first-order valence-corrected chi connectivity index (χ1v) is 7.34. The minimum Gasteiger partial charge on any atom is -0.330 e. The number of imidazole rings is 1. The van der Waals surface area contributed by atoms with Crippen LogP contribution in [-0.2, 0) is 20.0 Å². The fourth-order valence-corrected chi connectivity index (χ4v) is 2.60. The van der Waals surface area contributed by atoms with Crippen LogP contribution < -0.4 is 17.0 Å². The molecule has 0 amide bonds. The van der Waals surface area contributed by atoms with E-state index in [4.69, 9.17) is 5.73 Å². The quantitative estimate of drug-likeness (QED) is 0.863. The van der Waals surface area contributed by atoms with Crippen LogP contribution in [-0.4, -0.2) is 25.2 Å². The van der Waals surface area contributed by atoms with Gasteiger partial charge in [-0.2, -0.15) is 0 Å². The smallest absolute Gasteiger partial charge is 0.330 e. The average Bonchev–Trinajstić information content (AvgIpc) is 2.75. The summed E-state index contributed by atoms with van der Waals surface area (Å²) in [5, 5.41) is 0. The molecule has 0 bridgehead atoms. The van der Waals surface area contributed by atoms with Crippen molar-refractivity contribution in [3.05, 3.63) is 26.7 Å². The van der Waals surface area contributed by atoms with Crippen molar-refractivity contribution >= 4 is 11.2 Å². The molecule has 7 heteroatoms. The van der Waals surface area contributed by atoms with Crippen LogP contribution in [0.15, 0.2) is 9.59 Å². The molecule has 0 aromatic carbocycles. The van der Waals surface area contributed by atoms with E-state index in [-0.39, 0.29) is 17.3 Å². The fraction of sp³-hybridized carbons (Fsp3) is 0.643. The van der Waals surface area contributed by atoms with Crippen LogP contribution in [0.5, 0.6) is 0 Å². The summed E-state index contributed by atoms with van der Waals surface area (Å²) >= 11 is 0. The lowest BCUT2D eigenvalue weighted by molar-refractivity contribution is 0.514. The normalized spacial score (nSPS) is 11.7. The summed E-state index contributed by atoms with van der Waals surface area (Å²) < 4.78 is 4.65. The van der Waals surface area contributed by atoms with E-state index in [0.29, 0.717) is 37.1 Å². The molecule has 0 radical (unpaired) electrons. The Morgan fingerprint density at radius 1 is 1.29 bits per heavy atom. The molecule has 2 aromatic heterocycles. The second kappa shape index (κ2) is 5.85. The van der Waals surface area contributed by atoms with Crippen LogP contribution in [0.25, 0.3) is 11.2 Å². The van der Waals surface area contributed by atoms with Crippen LogP contribution in [0.4, 0.5) is 0 Å². The maximum atomic E-state index is 12.6. The zero-order valence-electron chi connectivity index (χ0n) is 13.1. The van der Waals surface area contributed by atoms with Gasteiger partial charge in [0.05, 0.1) is 0 Å². The lowest BCUT2D eigenvalue weighted by Gasteiger charge is -2.14. The van der Waals surface area contributed by atoms with Gasteiger partial charge in [-0.3, -0.25) is 13.9 Å². The average molecular weight is 293 g/mol. The molecule has 7 nitrogen and oxygen atoms in total. The van der Waals surface area contributed by atoms with Crippen molar-refractivity contribution in [2.45, 2.75) is 46.2 Å². The zero-order chi connectivity index (χ0) is 15.7. The second-order valence-corrected chi connectivity index (χ2v) is 5.46. The Balaban J connectivity index is 2.91. The van der Waals surface area contributed by atoms with Gasteiger partial charge in [0.1, 0.15) is 5.82 Å². The molecule has 0 fully saturated rings. The molecule has 116 valence electrons. The number of rotatable bonds is 5. The van der Waals surface area contributed by atoms with E-state index in [1.807, 2.05) is 27.8 Å². The van der Waals surface area contributed by atoms with Crippen molar-refractivity contribution in [2.75, 3.05) is 6.54 Å². The Bertz CT molecular complexity index is 766. The summed E-state index contributed by atoms with van der Waals surface area (Å²) in [6.07, 6.45) is 1.30. The summed E-state index contributed by atoms with van der Waals surface area (Å²) in [5.41, 5.74) is 5.87. The summed E-state index contributed by atoms with van der Waals surface area (Å²) in [6, 6.07) is -0.0654. The first kappa shape index (κ1) is 15.5. The second-order valence-electron chi connectivity index (χ2n) is 5.46. The van der Waals surface area contributed by atoms with E-state index in [1.165, 1.54) is 4.57 Å². The van der Waals surface area contributed by atoms with Gasteiger partial charge in [-0.25, -0.2) is 9.78 Å². The Hall–Kier alpha value is -1.89. The Morgan fingerprint density at radius 3 is 2.48 bits per heavy atom. The van der Waals surface area contributed by atoms with Crippen molar-refractivity contribution in [3.63, 3.8) is 0 Å². The van der Waals surface area contributed by atoms with Gasteiger partial charge in [-0.1, -0.05) is 6.92 Å². The molecule has 0 unspecified atom stereocenters. The zero-order valence-corrected chi connectivity index (χ0v) is 13.1. The van der Waals surface area contributed by atoms with E-state index < -0.39 is 0 Å². The molecule has 0 aliphatic rings. The highest BCUT2D eigenvalue weighted by Gasteiger charge is 2.20. The van der Waals surface area contributed by atoms with E-state index in [0.717, 1.165) is 5.82 Å². The monoisotopic (exact) mass is 293 g/mol. The number of nitrogens with zero attached hydrogens (tertiary/aromatic N) is 4. The predicted octanol–water partition coefficient (Wildman–Crippen LogP) is 0.389. The predicted molar refractivity (Wildman–Crippen MR) is 82.7 cm³/mol. The molecule has 2 N–H and O–H groups in total. The SMILES string of the molecule is CCc1nc2c(c(=O)n(CCCN)c(=O)n2C(C)C)n1C. The molecule has 0 spiro atoms. The lowest BCUT2D eigenvalue weighted by Crippen LogP contribution is -2.41. The Kier molecular flexibility index (Phi) is 4.32. The van der Waals surface area contributed by atoms with Gasteiger partial charge in [0.25, 0.3) is 5.56 Å². The maximum absolute atomic E-state index is 12.6. The van der Waals surface area contributed by atoms with Gasteiger partial charge in [0.2, 0.25) is 0 Å². The van der Waals surface area contributed by atoms with Crippen LogP contribution in [0.3, 0.4) is 0 Å². The van der Waals surface area contributed by atoms with E-state index in [9.17, 15) is 9.59 Å². The van der Waals surface area contributed by atoms with E-state index in [2.05, 4.69) is 4.98 Å². The van der Waals surface area contributed by atoms with Gasteiger partial charge in [-0.05, 0) is 26.8 Å². The van der Waals surface area contributed by atoms with Gasteiger partial charge < -0.3 is 10.3 Å². The molecule has 0 saturated carbocycles. The number of aromatic nitrogens is 4. The summed E-state index contributed by atoms with van der Waals surface area (Å²) in [7, 11) is 1.82. The van der Waals surface area contributed by atoms with Crippen LogP contribution in [0, 0.1) is 0 Å². The molecule has 2 aromatic rings. The van der Waals surface area contributed by atoms with Gasteiger partial charge in [-0.15, -0.1) is 0 Å². The molecule has 2 heterocycles. The first-order chi connectivity index (χ1) is 9.93. The third-order valence-electron chi connectivity index (χ3n) is 3.70. The van der Waals surface area contributed by atoms with Crippen LogP contribution in [0.2, 0.25) is 0 Å². The maximum Gasteiger partial charge on any atom is 0.332 e. The van der Waals surface area contributed by atoms with Gasteiger partial charge >= 0.3 is 5.69 Å². The minimum atomic E-state index is -0.309. The highest BCUT2D eigenvalue weighted by molar-refractivity contribution is 5.71. The van der Waals surface area contributed by atoms with Crippen molar-refractivity contribution in [1.82, 2.24) is 18.7 Å². The molecule has 0 atom stereocenters. The number of nitrogens with two attached hydrogens (primary N) is 1. The topological polar surface area (TPSA) is 87.8 Å². The Labute approximate surface area is 123 Å². The number of hydrogen-bond acceptors (Lipinski definition) is 4. The summed E-state index contributed by atoms with van der Waals surface area (Å²) in [4.78, 5) is 29.7. The van der Waals surface area contributed by atoms with Crippen molar-refractivity contribution in [2.24, 2.45) is 12.8 Å². The standard InChI is InChI=1S/C14H23N5O2/c1-5-10-16-12-11(17(10)4)13(20)18(8-6-7-15)14(21)19(12)9(2)3/h9H,5-8,15H2,1-4H3. The molecule has 21 heavy (non-hydrogen) atoms. The third kappa shape index (κ3) is 2.42. The van der Waals surface area contributed by atoms with Crippen LogP contribution >= 0.6 is 0 Å². The largest absolute Gasteiger partial charge is 0.332 e. The Morgan fingerprint density at radius 2 is 1.95 bits per heavy atom. The summed E-state index contributed by atoms with van der Waals surface area (Å²) in [6.45, 7) is 6.59. The number of aryl methyl sites for hydroxylation is 2. The van der Waals surface area contributed by atoms with Crippen molar-refractivity contribution in [3.8, 4) is 0 Å². The van der Waals surface area contributed by atoms with Crippen molar-refractivity contribution < 1.29 is 0 Å². The molecular formula is C14H23N5O2. The molecular weight excluding hydrogens is 270 g/mol. The summed E-state index contributed by atoms with van der Waals surface area (Å²) in [5.74, 6) is 0.799. The van der Waals surface area contributed by atoms with Gasteiger partial charge in [0, 0.05) is 26.1 Å². The molecule has 0 saturated heterocycles. The fourth-order valence-electron chi connectivity index (χ4n) is 2.60. The van der Waals surface area contributed by atoms with Crippen LogP contribution in [0.1, 0.15) is 39.1 Å². The number of fused-ring (bicyclic) bond motifs is 1. The first-order valence-electron chi connectivity index (χ1n) is 7.34. The highest BCUT2D eigenvalue weighted by Crippen LogP contribution is 2.14. The van der Waals surface area contributed by atoms with E-state index in [1.54, 1.807) is 9.13 Å². The third-order valence-corrected chi connectivity index (χ3v) is 3.70. The highest BCUT2D eigenvalue weighted by atomic mass is 16.2. The molecule has 0 aliphatic heterocycles. The molecule has 0 aliphatic carbocycles. The van der Waals surface area contributed by atoms with Crippen molar-refractivity contribution in [1.29, 1.82) is 0 Å². The lowest BCUT2D eigenvalue weighted by atomic mass is 10.3. The van der Waals surface area contributed by atoms with Gasteiger partial charge in [0.15, 0.2) is 11.2 Å². The van der Waals surface area contributed by atoms with E-state index >= 15 is 0 Å². The number of hydrogen-bond donors (Lipinski definition) is 1.